The molecular weight excluding hydrogens is 339 g/mol. The minimum absolute atomic E-state index is 0.0601. The van der Waals surface area contributed by atoms with Crippen LogP contribution in [-0.4, -0.2) is 45.4 Å². The maximum Gasteiger partial charge on any atom is 0.410 e. The highest BCUT2D eigenvalue weighted by Gasteiger charge is 2.28. The maximum absolute atomic E-state index is 13.7. The van der Waals surface area contributed by atoms with Crippen molar-refractivity contribution in [3.05, 3.63) is 29.7 Å². The third kappa shape index (κ3) is 3.79. The lowest BCUT2D eigenvalue weighted by molar-refractivity contribution is 0.0185. The molecule has 0 radical (unpaired) electrons. The molecule has 1 fully saturated rings. The molecule has 2 N–H and O–H groups in total. The fourth-order valence-corrected chi connectivity index (χ4v) is 3.13. The van der Waals surface area contributed by atoms with Gasteiger partial charge < -0.3 is 15.4 Å². The monoisotopic (exact) mass is 362 g/mol. The van der Waals surface area contributed by atoms with Crippen LogP contribution < -0.4 is 5.73 Å². The molecule has 3 rings (SSSR count). The number of carbonyl (C=O) groups excluding carboxylic acids is 2. The standard InChI is InChI=1S/C18H23FN4O3/c1-18(2,3)26-17(25)22-6-4-13(5-7-22)23-10-11-8-12(19)9-14(16(20)24)15(11)21-23/h8-10,13H,4-7H2,1-3H3,(H2,20,24). The number of primary amides is 1. The van der Waals surface area contributed by atoms with E-state index in [1.165, 1.54) is 6.07 Å². The SMILES string of the molecule is CC(C)(C)OC(=O)N1CCC(n2cc3cc(F)cc(C(N)=O)c3n2)CC1. The van der Waals surface area contributed by atoms with Crippen molar-refractivity contribution in [1.29, 1.82) is 0 Å². The fourth-order valence-electron chi connectivity index (χ4n) is 3.13. The van der Waals surface area contributed by atoms with Crippen LogP contribution in [0, 0.1) is 5.82 Å². The van der Waals surface area contributed by atoms with Crippen LogP contribution in [-0.2, 0) is 4.74 Å². The lowest BCUT2D eigenvalue weighted by Crippen LogP contribution is -2.42. The van der Waals surface area contributed by atoms with E-state index in [4.69, 9.17) is 10.5 Å². The molecule has 0 atom stereocenters. The van der Waals surface area contributed by atoms with Crippen molar-refractivity contribution in [3.63, 3.8) is 0 Å². The molecule has 0 unspecified atom stereocenters. The highest BCUT2D eigenvalue weighted by Crippen LogP contribution is 2.27. The van der Waals surface area contributed by atoms with Gasteiger partial charge in [-0.15, -0.1) is 0 Å². The van der Waals surface area contributed by atoms with Crippen molar-refractivity contribution < 1.29 is 18.7 Å². The van der Waals surface area contributed by atoms with Crippen LogP contribution in [0.1, 0.15) is 50.0 Å². The van der Waals surface area contributed by atoms with E-state index in [2.05, 4.69) is 5.10 Å². The predicted octanol–water partition coefficient (Wildman–Crippen LogP) is 2.85. The lowest BCUT2D eigenvalue weighted by Gasteiger charge is -2.33. The Kier molecular flexibility index (Phi) is 4.60. The van der Waals surface area contributed by atoms with Gasteiger partial charge in [0.25, 0.3) is 5.91 Å². The molecule has 26 heavy (non-hydrogen) atoms. The number of nitrogens with zero attached hydrogens (tertiary/aromatic N) is 3. The zero-order valence-electron chi connectivity index (χ0n) is 15.2. The number of nitrogens with two attached hydrogens (primary N) is 1. The summed E-state index contributed by atoms with van der Waals surface area (Å²) < 4.78 is 20.8. The number of halogens is 1. The zero-order chi connectivity index (χ0) is 19.1. The van der Waals surface area contributed by atoms with E-state index in [9.17, 15) is 14.0 Å². The molecule has 0 saturated carbocycles. The summed E-state index contributed by atoms with van der Waals surface area (Å²) in [5.41, 5.74) is 5.27. The Bertz CT molecular complexity index is 848. The number of ether oxygens (including phenoxy) is 1. The number of carbonyl (C=O) groups is 2. The van der Waals surface area contributed by atoms with Crippen LogP contribution >= 0.6 is 0 Å². The Hall–Kier alpha value is -2.64. The zero-order valence-corrected chi connectivity index (χ0v) is 15.2. The van der Waals surface area contributed by atoms with E-state index >= 15 is 0 Å². The summed E-state index contributed by atoms with van der Waals surface area (Å²) in [4.78, 5) is 25.4. The van der Waals surface area contributed by atoms with Gasteiger partial charge in [0.15, 0.2) is 0 Å². The van der Waals surface area contributed by atoms with Gasteiger partial charge in [0.2, 0.25) is 0 Å². The molecule has 2 heterocycles. The van der Waals surface area contributed by atoms with Crippen LogP contribution in [0.5, 0.6) is 0 Å². The Balaban J connectivity index is 1.75. The number of fused-ring (bicyclic) bond motifs is 1. The van der Waals surface area contributed by atoms with Crippen molar-refractivity contribution >= 4 is 22.9 Å². The average Bonchev–Trinajstić information content (AvgIpc) is 2.96. The van der Waals surface area contributed by atoms with Crippen molar-refractivity contribution in [3.8, 4) is 0 Å². The molecule has 1 saturated heterocycles. The molecule has 1 aromatic heterocycles. The molecule has 7 nitrogen and oxygen atoms in total. The van der Waals surface area contributed by atoms with E-state index in [1.807, 2.05) is 20.8 Å². The van der Waals surface area contributed by atoms with Crippen LogP contribution in [0.15, 0.2) is 18.3 Å². The van der Waals surface area contributed by atoms with Crippen molar-refractivity contribution in [2.75, 3.05) is 13.1 Å². The Labute approximate surface area is 150 Å². The summed E-state index contributed by atoms with van der Waals surface area (Å²) in [7, 11) is 0. The molecule has 1 aliphatic heterocycles. The first-order valence-electron chi connectivity index (χ1n) is 8.60. The topological polar surface area (TPSA) is 90.5 Å². The van der Waals surface area contributed by atoms with Crippen LogP contribution in [0.3, 0.4) is 0 Å². The van der Waals surface area contributed by atoms with Gasteiger partial charge in [-0.3, -0.25) is 9.48 Å². The first-order valence-corrected chi connectivity index (χ1v) is 8.60. The summed E-state index contributed by atoms with van der Waals surface area (Å²) in [6.07, 6.45) is 2.79. The molecule has 2 amide bonds. The van der Waals surface area contributed by atoms with Gasteiger partial charge >= 0.3 is 6.09 Å². The number of hydrogen-bond acceptors (Lipinski definition) is 4. The summed E-state index contributed by atoms with van der Waals surface area (Å²) in [5.74, 6) is -1.23. The minimum atomic E-state index is -0.709. The summed E-state index contributed by atoms with van der Waals surface area (Å²) in [6.45, 7) is 6.60. The molecular formula is C18H23FN4O3. The summed E-state index contributed by atoms with van der Waals surface area (Å²) >= 11 is 0. The van der Waals surface area contributed by atoms with Crippen molar-refractivity contribution in [2.45, 2.75) is 45.3 Å². The van der Waals surface area contributed by atoms with Crippen LogP contribution in [0.2, 0.25) is 0 Å². The van der Waals surface area contributed by atoms with E-state index in [1.54, 1.807) is 15.8 Å². The molecule has 2 aromatic rings. The average molecular weight is 362 g/mol. The van der Waals surface area contributed by atoms with E-state index in [0.29, 0.717) is 36.8 Å². The molecule has 1 aromatic carbocycles. The van der Waals surface area contributed by atoms with E-state index in [-0.39, 0.29) is 17.7 Å². The maximum atomic E-state index is 13.7. The number of aromatic nitrogens is 2. The number of benzene rings is 1. The lowest BCUT2D eigenvalue weighted by atomic mass is 10.1. The van der Waals surface area contributed by atoms with Crippen LogP contribution in [0.4, 0.5) is 9.18 Å². The second kappa shape index (κ2) is 6.59. The number of likely N-dealkylation sites (tertiary alicyclic amines) is 1. The highest BCUT2D eigenvalue weighted by molar-refractivity contribution is 6.04. The number of rotatable bonds is 2. The molecule has 8 heteroatoms. The van der Waals surface area contributed by atoms with E-state index in [0.717, 1.165) is 6.07 Å². The van der Waals surface area contributed by atoms with Gasteiger partial charge in [0.05, 0.1) is 11.6 Å². The quantitative estimate of drug-likeness (QED) is 0.889. The minimum Gasteiger partial charge on any atom is -0.444 e. The Morgan fingerprint density at radius 2 is 1.92 bits per heavy atom. The smallest absolute Gasteiger partial charge is 0.410 e. The first kappa shape index (κ1) is 18.2. The Morgan fingerprint density at radius 3 is 2.50 bits per heavy atom. The van der Waals surface area contributed by atoms with Crippen molar-refractivity contribution in [2.24, 2.45) is 5.73 Å². The number of piperidine rings is 1. The second-order valence-electron chi connectivity index (χ2n) is 7.56. The van der Waals surface area contributed by atoms with Crippen LogP contribution in [0.25, 0.3) is 10.9 Å². The van der Waals surface area contributed by atoms with E-state index < -0.39 is 17.3 Å². The van der Waals surface area contributed by atoms with Gasteiger partial charge in [0, 0.05) is 24.7 Å². The molecule has 140 valence electrons. The van der Waals surface area contributed by atoms with Gasteiger partial charge in [-0.05, 0) is 45.7 Å². The largest absolute Gasteiger partial charge is 0.444 e. The molecule has 0 bridgehead atoms. The normalized spacial score (nSPS) is 16.1. The highest BCUT2D eigenvalue weighted by atomic mass is 19.1. The van der Waals surface area contributed by atoms with Crippen molar-refractivity contribution in [1.82, 2.24) is 14.7 Å². The van der Waals surface area contributed by atoms with Gasteiger partial charge in [-0.25, -0.2) is 9.18 Å². The third-order valence-corrected chi connectivity index (χ3v) is 4.35. The molecule has 0 aliphatic carbocycles. The number of amides is 2. The molecule has 1 aliphatic rings. The second-order valence-corrected chi connectivity index (χ2v) is 7.56. The third-order valence-electron chi connectivity index (χ3n) is 4.35. The summed E-state index contributed by atoms with van der Waals surface area (Å²) in [6, 6.07) is 2.50. The molecule has 0 spiro atoms. The van der Waals surface area contributed by atoms with Gasteiger partial charge in [-0.1, -0.05) is 0 Å². The Morgan fingerprint density at radius 1 is 1.27 bits per heavy atom. The van der Waals surface area contributed by atoms with Gasteiger partial charge in [-0.2, -0.15) is 5.10 Å². The summed E-state index contributed by atoms with van der Waals surface area (Å²) in [5, 5.41) is 4.98. The fraction of sp³-hybridized carbons (Fsp3) is 0.500. The number of hydrogen-bond donors (Lipinski definition) is 1. The van der Waals surface area contributed by atoms with Gasteiger partial charge in [0.1, 0.15) is 16.9 Å². The first-order chi connectivity index (χ1) is 12.1. The predicted molar refractivity (Wildman–Crippen MR) is 94.3 cm³/mol.